The third kappa shape index (κ3) is 4.12. The third-order valence-electron chi connectivity index (χ3n) is 11.2. The van der Waals surface area contributed by atoms with Gasteiger partial charge in [0.05, 0.1) is 11.0 Å². The van der Waals surface area contributed by atoms with Gasteiger partial charge in [-0.3, -0.25) is 0 Å². The lowest BCUT2D eigenvalue weighted by Crippen LogP contribution is -2.28. The molecular formula is C48H33NS. The molecule has 2 heteroatoms. The monoisotopic (exact) mass is 655 g/mol. The highest BCUT2D eigenvalue weighted by Gasteiger charge is 2.21. The van der Waals surface area contributed by atoms with E-state index in [0.717, 1.165) is 19.3 Å². The molecule has 0 radical (unpaired) electrons. The maximum absolute atomic E-state index is 2.52. The van der Waals surface area contributed by atoms with Crippen LogP contribution >= 0.6 is 11.3 Å². The van der Waals surface area contributed by atoms with Crippen molar-refractivity contribution >= 4 is 92.7 Å². The Labute approximate surface area is 294 Å². The first kappa shape index (κ1) is 28.2. The molecule has 0 bridgehead atoms. The summed E-state index contributed by atoms with van der Waals surface area (Å²) in [7, 11) is 0. The molecule has 0 amide bonds. The van der Waals surface area contributed by atoms with Crippen molar-refractivity contribution in [1.82, 2.24) is 4.57 Å². The molecule has 0 aliphatic heterocycles. The lowest BCUT2D eigenvalue weighted by molar-refractivity contribution is 0.838. The van der Waals surface area contributed by atoms with Crippen LogP contribution in [-0.2, 0) is 0 Å². The molecule has 0 saturated heterocycles. The Balaban J connectivity index is 1.03. The van der Waals surface area contributed by atoms with Gasteiger partial charge in [0.15, 0.2) is 0 Å². The molecule has 0 spiro atoms. The first-order valence-corrected chi connectivity index (χ1v) is 18.6. The molecule has 2 aliphatic carbocycles. The second-order valence-corrected chi connectivity index (χ2v) is 14.9. The summed E-state index contributed by atoms with van der Waals surface area (Å²) in [6.07, 6.45) is 15.1. The molecule has 0 N–H and O–H groups in total. The first-order chi connectivity index (χ1) is 24.8. The van der Waals surface area contributed by atoms with Gasteiger partial charge in [-0.1, -0.05) is 121 Å². The molecule has 1 nitrogen and oxygen atoms in total. The predicted molar refractivity (Wildman–Crippen MR) is 217 cm³/mol. The molecule has 236 valence electrons. The summed E-state index contributed by atoms with van der Waals surface area (Å²) in [4.78, 5) is 0. The number of hydrogen-bond donors (Lipinski definition) is 0. The van der Waals surface area contributed by atoms with Gasteiger partial charge in [-0.05, 0) is 104 Å². The maximum Gasteiger partial charge on any atom is 0.0538 e. The van der Waals surface area contributed by atoms with Gasteiger partial charge in [0.2, 0.25) is 0 Å². The van der Waals surface area contributed by atoms with Gasteiger partial charge in [-0.2, -0.15) is 0 Å². The topological polar surface area (TPSA) is 4.93 Å². The highest BCUT2D eigenvalue weighted by molar-refractivity contribution is 7.26. The summed E-state index contributed by atoms with van der Waals surface area (Å²) in [6, 6.07) is 47.8. The van der Waals surface area contributed by atoms with Crippen molar-refractivity contribution in [3.63, 3.8) is 0 Å². The van der Waals surface area contributed by atoms with Gasteiger partial charge in [0.25, 0.3) is 0 Å². The van der Waals surface area contributed by atoms with Crippen LogP contribution in [-0.4, -0.2) is 4.57 Å². The minimum absolute atomic E-state index is 0.297. The van der Waals surface area contributed by atoms with Crippen molar-refractivity contribution in [2.45, 2.75) is 25.2 Å². The zero-order valence-electron chi connectivity index (χ0n) is 27.6. The maximum atomic E-state index is 2.52. The highest BCUT2D eigenvalue weighted by atomic mass is 32.1. The zero-order chi connectivity index (χ0) is 32.8. The zero-order valence-corrected chi connectivity index (χ0v) is 28.4. The number of nitrogens with zero attached hydrogens (tertiary/aromatic N) is 1. The number of rotatable bonds is 3. The standard InChI is InChI=1S/C48H33NS/c1-2-15-37-35(13-1)36-14-3-4-16-38(36)43-28-31(23-25-39(37)43)30-11-9-12-33(27-30)49-45-21-7-5-17-40(45)44-29-32(24-26-46(44)49)34-19-10-20-42-41-18-6-8-22-47(41)50-48(34)42/h3-26,28-30H,1-2,27H2. The van der Waals surface area contributed by atoms with E-state index in [1.54, 1.807) is 0 Å². The number of hydrogen-bond acceptors (Lipinski definition) is 1. The van der Waals surface area contributed by atoms with Crippen molar-refractivity contribution in [2.75, 3.05) is 0 Å². The molecular weight excluding hydrogens is 623 g/mol. The summed E-state index contributed by atoms with van der Waals surface area (Å²) in [6.45, 7) is 0. The lowest BCUT2D eigenvalue weighted by atomic mass is 9.87. The second-order valence-electron chi connectivity index (χ2n) is 13.9. The Hall–Kier alpha value is -5.70. The Bertz CT molecular complexity index is 3070. The molecule has 2 heterocycles. The Morgan fingerprint density at radius 1 is 0.540 bits per heavy atom. The SMILES string of the molecule is C1=CC(c2ccc3c4c(c5ccccc5c3c2)=CCCC=4)CC(n2c3ccccc3c3cc(-c4cccc5c4sc4ccccc45)ccc32)=C1. The largest absolute Gasteiger partial charge is 0.313 e. The number of thiophene rings is 1. The molecule has 2 aliphatic rings. The quantitative estimate of drug-likeness (QED) is 0.167. The van der Waals surface area contributed by atoms with Crippen LogP contribution < -0.4 is 10.4 Å². The molecule has 0 saturated carbocycles. The molecule has 11 rings (SSSR count). The van der Waals surface area contributed by atoms with Crippen LogP contribution in [0.2, 0.25) is 0 Å². The molecule has 2 aromatic heterocycles. The smallest absolute Gasteiger partial charge is 0.0538 e. The van der Waals surface area contributed by atoms with Crippen molar-refractivity contribution in [3.05, 3.63) is 162 Å². The van der Waals surface area contributed by atoms with E-state index < -0.39 is 0 Å². The van der Waals surface area contributed by atoms with E-state index >= 15 is 0 Å². The van der Waals surface area contributed by atoms with Crippen molar-refractivity contribution in [1.29, 1.82) is 0 Å². The summed E-state index contributed by atoms with van der Waals surface area (Å²) < 4.78 is 5.22. The minimum Gasteiger partial charge on any atom is -0.313 e. The van der Waals surface area contributed by atoms with Crippen LogP contribution in [0.15, 0.2) is 146 Å². The average molecular weight is 656 g/mol. The van der Waals surface area contributed by atoms with Gasteiger partial charge in [0.1, 0.15) is 0 Å². The Morgan fingerprint density at radius 2 is 1.26 bits per heavy atom. The molecule has 0 fully saturated rings. The molecule has 7 aromatic carbocycles. The van der Waals surface area contributed by atoms with E-state index in [1.807, 2.05) is 11.3 Å². The van der Waals surface area contributed by atoms with Crippen LogP contribution in [0.4, 0.5) is 0 Å². The Kier molecular flexibility index (Phi) is 6.14. The van der Waals surface area contributed by atoms with E-state index in [0.29, 0.717) is 5.92 Å². The van der Waals surface area contributed by atoms with Crippen LogP contribution in [0.25, 0.3) is 92.5 Å². The molecule has 50 heavy (non-hydrogen) atoms. The van der Waals surface area contributed by atoms with Gasteiger partial charge in [-0.15, -0.1) is 11.3 Å². The minimum atomic E-state index is 0.297. The second kappa shape index (κ2) is 10.9. The molecule has 1 unspecified atom stereocenters. The Morgan fingerprint density at radius 3 is 2.14 bits per heavy atom. The van der Waals surface area contributed by atoms with Gasteiger partial charge >= 0.3 is 0 Å². The van der Waals surface area contributed by atoms with Crippen molar-refractivity contribution in [2.24, 2.45) is 0 Å². The van der Waals surface area contributed by atoms with E-state index in [1.165, 1.54) is 96.3 Å². The van der Waals surface area contributed by atoms with Crippen LogP contribution in [0.3, 0.4) is 0 Å². The number of fused-ring (bicyclic) bond motifs is 12. The summed E-state index contributed by atoms with van der Waals surface area (Å²) in [5.41, 5.74) is 7.83. The summed E-state index contributed by atoms with van der Waals surface area (Å²) in [5.74, 6) is 0.297. The lowest BCUT2D eigenvalue weighted by Gasteiger charge is -2.22. The number of benzene rings is 7. The summed E-state index contributed by atoms with van der Waals surface area (Å²) in [5, 5.41) is 13.6. The van der Waals surface area contributed by atoms with E-state index in [9.17, 15) is 0 Å². The fourth-order valence-corrected chi connectivity index (χ4v) is 10.1. The molecule has 1 atom stereocenters. The molecule has 9 aromatic rings. The van der Waals surface area contributed by atoms with Crippen molar-refractivity contribution < 1.29 is 0 Å². The van der Waals surface area contributed by atoms with Gasteiger partial charge < -0.3 is 4.57 Å². The van der Waals surface area contributed by atoms with Crippen LogP contribution in [0.5, 0.6) is 0 Å². The highest BCUT2D eigenvalue weighted by Crippen LogP contribution is 2.43. The number of aromatic nitrogens is 1. The van der Waals surface area contributed by atoms with Crippen LogP contribution in [0.1, 0.15) is 30.7 Å². The van der Waals surface area contributed by atoms with Gasteiger partial charge in [0, 0.05) is 42.6 Å². The van der Waals surface area contributed by atoms with E-state index in [2.05, 4.69) is 162 Å². The fraction of sp³-hybridized carbons (Fsp3) is 0.0833. The predicted octanol–water partition coefficient (Wildman–Crippen LogP) is 12.1. The number of allylic oxidation sites excluding steroid dienone is 4. The average Bonchev–Trinajstić information content (AvgIpc) is 3.73. The van der Waals surface area contributed by atoms with Crippen LogP contribution in [0, 0.1) is 0 Å². The van der Waals surface area contributed by atoms with E-state index in [-0.39, 0.29) is 0 Å². The number of para-hydroxylation sites is 1. The third-order valence-corrected chi connectivity index (χ3v) is 12.4. The normalized spacial score (nSPS) is 15.9. The summed E-state index contributed by atoms with van der Waals surface area (Å²) >= 11 is 1.90. The first-order valence-electron chi connectivity index (χ1n) is 17.8. The van der Waals surface area contributed by atoms with E-state index in [4.69, 9.17) is 0 Å². The van der Waals surface area contributed by atoms with Gasteiger partial charge in [-0.25, -0.2) is 0 Å². The fourth-order valence-electron chi connectivity index (χ4n) is 8.87. The van der Waals surface area contributed by atoms with Crippen molar-refractivity contribution in [3.8, 4) is 11.1 Å².